The molecule has 1 aliphatic rings. The molecule has 0 spiro atoms. The highest BCUT2D eigenvalue weighted by Gasteiger charge is 2.20. The van der Waals surface area contributed by atoms with Gasteiger partial charge in [0.05, 0.1) is 6.54 Å². The molecule has 4 nitrogen and oxygen atoms in total. The normalized spacial score (nSPS) is 15.2. The molecule has 0 atom stereocenters. The number of aromatic nitrogens is 1. The Hall–Kier alpha value is -1.58. The summed E-state index contributed by atoms with van der Waals surface area (Å²) in [5, 5.41) is 2.74. The summed E-state index contributed by atoms with van der Waals surface area (Å²) < 4.78 is 0. The van der Waals surface area contributed by atoms with Gasteiger partial charge in [-0.2, -0.15) is 0 Å². The molecule has 1 N–H and O–H groups in total. The minimum Gasteiger partial charge on any atom is -0.320 e. The number of nitrogens with one attached hydrogen (secondary N) is 1. The molecule has 0 saturated heterocycles. The lowest BCUT2D eigenvalue weighted by Gasteiger charge is -2.27. The average Bonchev–Trinajstić information content (AvgIpc) is 2.17. The second-order valence-electron chi connectivity index (χ2n) is 2.96. The van der Waals surface area contributed by atoms with Crippen LogP contribution in [0.3, 0.4) is 0 Å². The summed E-state index contributed by atoms with van der Waals surface area (Å²) in [6.07, 6.45) is 1.68. The van der Waals surface area contributed by atoms with Crippen LogP contribution in [0.5, 0.6) is 0 Å². The van der Waals surface area contributed by atoms with E-state index in [2.05, 4.69) is 10.3 Å². The maximum absolute atomic E-state index is 11.4. The number of rotatable bonds is 1. The molecular formula is C9H13N3O. The first-order valence-electron chi connectivity index (χ1n) is 4.31. The molecule has 1 aromatic heterocycles. The van der Waals surface area contributed by atoms with Crippen LogP contribution in [-0.2, 0) is 6.54 Å². The number of nitrogens with zero attached hydrogens (tertiary/aromatic N) is 2. The number of carbonyl (C=O) groups is 1. The van der Waals surface area contributed by atoms with E-state index in [9.17, 15) is 4.79 Å². The minimum atomic E-state index is -0.0614. The first kappa shape index (κ1) is 8.04. The SMILES string of the molecule is CCN1Cc2cccnc2NC1=O.[HH]. The van der Waals surface area contributed by atoms with E-state index in [1.165, 1.54) is 0 Å². The molecule has 1 aliphatic heterocycles. The van der Waals surface area contributed by atoms with Crippen molar-refractivity contribution in [2.45, 2.75) is 13.5 Å². The second-order valence-corrected chi connectivity index (χ2v) is 2.96. The summed E-state index contributed by atoms with van der Waals surface area (Å²) >= 11 is 0. The molecule has 2 amide bonds. The average molecular weight is 179 g/mol. The summed E-state index contributed by atoms with van der Waals surface area (Å²) in [7, 11) is 0. The van der Waals surface area contributed by atoms with Crippen LogP contribution >= 0.6 is 0 Å². The maximum atomic E-state index is 11.4. The van der Waals surface area contributed by atoms with Gasteiger partial charge in [-0.15, -0.1) is 0 Å². The molecule has 1 aromatic rings. The molecule has 70 valence electrons. The number of carbonyl (C=O) groups excluding carboxylic acids is 1. The van der Waals surface area contributed by atoms with Gasteiger partial charge in [-0.1, -0.05) is 6.07 Å². The fourth-order valence-electron chi connectivity index (χ4n) is 1.39. The highest BCUT2D eigenvalue weighted by atomic mass is 16.2. The minimum absolute atomic E-state index is 0. The number of fused-ring (bicyclic) bond motifs is 1. The van der Waals surface area contributed by atoms with Crippen molar-refractivity contribution in [3.05, 3.63) is 23.9 Å². The van der Waals surface area contributed by atoms with E-state index in [1.54, 1.807) is 11.1 Å². The molecule has 0 aromatic carbocycles. The van der Waals surface area contributed by atoms with Crippen molar-refractivity contribution in [1.82, 2.24) is 9.88 Å². The van der Waals surface area contributed by atoms with E-state index in [-0.39, 0.29) is 7.46 Å². The van der Waals surface area contributed by atoms with Gasteiger partial charge in [-0.3, -0.25) is 5.32 Å². The molecule has 0 saturated carbocycles. The van der Waals surface area contributed by atoms with Crippen molar-refractivity contribution in [2.75, 3.05) is 11.9 Å². The first-order valence-corrected chi connectivity index (χ1v) is 4.31. The van der Waals surface area contributed by atoms with Crippen molar-refractivity contribution in [2.24, 2.45) is 0 Å². The van der Waals surface area contributed by atoms with Gasteiger partial charge in [0, 0.05) is 19.7 Å². The number of urea groups is 1. The summed E-state index contributed by atoms with van der Waals surface area (Å²) in [6.45, 7) is 3.34. The van der Waals surface area contributed by atoms with E-state index >= 15 is 0 Å². The molecule has 0 fully saturated rings. The fraction of sp³-hybridized carbons (Fsp3) is 0.333. The lowest BCUT2D eigenvalue weighted by molar-refractivity contribution is 0.209. The number of anilines is 1. The highest BCUT2D eigenvalue weighted by molar-refractivity contribution is 5.90. The highest BCUT2D eigenvalue weighted by Crippen LogP contribution is 2.19. The monoisotopic (exact) mass is 179 g/mol. The van der Waals surface area contributed by atoms with Crippen molar-refractivity contribution in [1.29, 1.82) is 0 Å². The largest absolute Gasteiger partial charge is 0.323 e. The zero-order valence-corrected chi connectivity index (χ0v) is 7.45. The summed E-state index contributed by atoms with van der Waals surface area (Å²) in [5.74, 6) is 0.692. The van der Waals surface area contributed by atoms with Gasteiger partial charge in [0.2, 0.25) is 0 Å². The Kier molecular flexibility index (Phi) is 1.88. The third kappa shape index (κ3) is 1.35. The molecule has 4 heteroatoms. The molecule has 0 aliphatic carbocycles. The third-order valence-electron chi connectivity index (χ3n) is 2.15. The molecule has 0 radical (unpaired) electrons. The van der Waals surface area contributed by atoms with Crippen molar-refractivity contribution < 1.29 is 6.22 Å². The molecule has 2 rings (SSSR count). The molecular weight excluding hydrogens is 166 g/mol. The Morgan fingerprint density at radius 3 is 3.38 bits per heavy atom. The molecule has 2 heterocycles. The Morgan fingerprint density at radius 2 is 2.62 bits per heavy atom. The van der Waals surface area contributed by atoms with Gasteiger partial charge in [-0.25, -0.2) is 9.78 Å². The van der Waals surface area contributed by atoms with E-state index in [0.29, 0.717) is 12.4 Å². The Labute approximate surface area is 78.1 Å². The molecule has 0 unspecified atom stereocenters. The van der Waals surface area contributed by atoms with Crippen molar-refractivity contribution >= 4 is 11.8 Å². The zero-order chi connectivity index (χ0) is 9.26. The van der Waals surface area contributed by atoms with Crippen LogP contribution < -0.4 is 5.32 Å². The second kappa shape index (κ2) is 3.05. The van der Waals surface area contributed by atoms with Gasteiger partial charge < -0.3 is 4.90 Å². The summed E-state index contributed by atoms with van der Waals surface area (Å²) in [6, 6.07) is 3.79. The van der Waals surface area contributed by atoms with Crippen LogP contribution in [0.4, 0.5) is 10.6 Å². The predicted octanol–water partition coefficient (Wildman–Crippen LogP) is 1.69. The Balaban J connectivity index is 0.000000980. The Bertz CT molecular complexity index is 343. The third-order valence-corrected chi connectivity index (χ3v) is 2.15. The van der Waals surface area contributed by atoms with E-state index in [4.69, 9.17) is 0 Å². The predicted molar refractivity (Wildman–Crippen MR) is 51.5 cm³/mol. The number of pyridine rings is 1. The van der Waals surface area contributed by atoms with Crippen LogP contribution in [0.15, 0.2) is 18.3 Å². The number of hydrogen-bond acceptors (Lipinski definition) is 2. The van der Waals surface area contributed by atoms with E-state index in [1.807, 2.05) is 19.1 Å². The zero-order valence-electron chi connectivity index (χ0n) is 7.45. The van der Waals surface area contributed by atoms with Crippen LogP contribution in [0.1, 0.15) is 13.9 Å². The molecule has 0 bridgehead atoms. The molecule has 13 heavy (non-hydrogen) atoms. The van der Waals surface area contributed by atoms with Gasteiger partial charge in [0.15, 0.2) is 0 Å². The quantitative estimate of drug-likeness (QED) is 0.713. The lowest BCUT2D eigenvalue weighted by Crippen LogP contribution is -2.38. The van der Waals surface area contributed by atoms with Gasteiger partial charge >= 0.3 is 6.03 Å². The standard InChI is InChI=1S/C9H11N3O.H2/c1-2-12-6-7-4-3-5-10-8(7)11-9(12)13;/h3-5H,2,6H2,1H3,(H,10,11,13);1H. The Morgan fingerprint density at radius 1 is 1.77 bits per heavy atom. The van der Waals surface area contributed by atoms with Crippen molar-refractivity contribution in [3.8, 4) is 0 Å². The first-order chi connectivity index (χ1) is 6.31. The van der Waals surface area contributed by atoms with Gasteiger partial charge in [-0.05, 0) is 13.0 Å². The number of amides is 2. The fourth-order valence-corrected chi connectivity index (χ4v) is 1.39. The summed E-state index contributed by atoms with van der Waals surface area (Å²) in [5.41, 5.74) is 1.07. The van der Waals surface area contributed by atoms with Gasteiger partial charge in [0.1, 0.15) is 5.82 Å². The topological polar surface area (TPSA) is 45.2 Å². The van der Waals surface area contributed by atoms with Crippen LogP contribution in [0, 0.1) is 0 Å². The van der Waals surface area contributed by atoms with Crippen LogP contribution in [0.25, 0.3) is 0 Å². The lowest BCUT2D eigenvalue weighted by atomic mass is 10.2. The maximum Gasteiger partial charge on any atom is 0.323 e. The van der Waals surface area contributed by atoms with E-state index < -0.39 is 0 Å². The van der Waals surface area contributed by atoms with Crippen molar-refractivity contribution in [3.63, 3.8) is 0 Å². The smallest absolute Gasteiger partial charge is 0.320 e. The number of hydrogen-bond donors (Lipinski definition) is 1. The van der Waals surface area contributed by atoms with Crippen LogP contribution in [-0.4, -0.2) is 22.5 Å². The van der Waals surface area contributed by atoms with E-state index in [0.717, 1.165) is 12.1 Å². The van der Waals surface area contributed by atoms with Gasteiger partial charge in [0.25, 0.3) is 0 Å². The summed E-state index contributed by atoms with van der Waals surface area (Å²) in [4.78, 5) is 17.2. The van der Waals surface area contributed by atoms with Crippen LogP contribution in [0.2, 0.25) is 0 Å².